The van der Waals surface area contributed by atoms with Crippen molar-refractivity contribution in [3.63, 3.8) is 0 Å². The predicted molar refractivity (Wildman–Crippen MR) is 32.9 cm³/mol. The number of hydrogen-bond donors (Lipinski definition) is 0. The zero-order valence-electron chi connectivity index (χ0n) is 4.04. The first-order chi connectivity index (χ1) is 3.79. The van der Waals surface area contributed by atoms with Crippen LogP contribution in [-0.4, -0.2) is 15.5 Å². The van der Waals surface area contributed by atoms with Crippen LogP contribution in [0.4, 0.5) is 0 Å². The summed E-state index contributed by atoms with van der Waals surface area (Å²) < 4.78 is 15.1. The second-order valence-corrected chi connectivity index (χ2v) is 2.91. The second-order valence-electron chi connectivity index (χ2n) is 1.35. The Balaban J connectivity index is 2.54. The van der Waals surface area contributed by atoms with Gasteiger partial charge < -0.3 is 0 Å². The van der Waals surface area contributed by atoms with Crippen LogP contribution in [0.5, 0.6) is 0 Å². The van der Waals surface area contributed by atoms with Gasteiger partial charge in [-0.25, -0.2) is 4.21 Å². The van der Waals surface area contributed by atoms with Crippen molar-refractivity contribution in [2.75, 3.05) is 5.75 Å². The molecule has 0 fully saturated rings. The third-order valence-electron chi connectivity index (χ3n) is 0.719. The van der Waals surface area contributed by atoms with Gasteiger partial charge in [0.05, 0.1) is 5.75 Å². The van der Waals surface area contributed by atoms with Crippen molar-refractivity contribution in [3.05, 3.63) is 12.2 Å². The third kappa shape index (κ3) is 1.58. The van der Waals surface area contributed by atoms with Crippen molar-refractivity contribution >= 4 is 22.7 Å². The number of alkyl halides is 1. The number of hydrogen-bond acceptors (Lipinski definition) is 2. The van der Waals surface area contributed by atoms with Gasteiger partial charge in [0.1, 0.15) is 0 Å². The number of rotatable bonds is 0. The molecule has 0 N–H and O–H groups in total. The van der Waals surface area contributed by atoms with Crippen LogP contribution in [0, 0.1) is 0 Å². The minimum absolute atomic E-state index is 0.462. The van der Waals surface area contributed by atoms with E-state index < -0.39 is 16.6 Å². The van der Waals surface area contributed by atoms with Gasteiger partial charge in [0.25, 0.3) is 0 Å². The molecule has 1 rings (SSSR count). The monoisotopic (exact) mass is 152 g/mol. The Morgan fingerprint density at radius 1 is 1.88 bits per heavy atom. The van der Waals surface area contributed by atoms with E-state index >= 15 is 0 Å². The Hall–Kier alpha value is 0.140. The average molecular weight is 153 g/mol. The second kappa shape index (κ2) is 2.62. The van der Waals surface area contributed by atoms with E-state index in [2.05, 4.69) is 4.18 Å². The molecule has 4 heteroatoms. The van der Waals surface area contributed by atoms with Crippen LogP contribution >= 0.6 is 11.6 Å². The standard InChI is InChI=1S/C4H5ClO2S/c5-4-2-1-3-8(6)7-4/h1-2,4H,3H2/t4-,8?/m1/s1. The summed E-state index contributed by atoms with van der Waals surface area (Å²) in [6.45, 7) is 0. The summed E-state index contributed by atoms with van der Waals surface area (Å²) in [7, 11) is 0. The molecule has 1 aliphatic rings. The van der Waals surface area contributed by atoms with Crippen molar-refractivity contribution in [1.29, 1.82) is 0 Å². The molecule has 0 aliphatic carbocycles. The highest BCUT2D eigenvalue weighted by atomic mass is 35.5. The van der Waals surface area contributed by atoms with Gasteiger partial charge >= 0.3 is 0 Å². The molecule has 0 spiro atoms. The van der Waals surface area contributed by atoms with Gasteiger partial charge in [-0.3, -0.25) is 4.18 Å². The fourth-order valence-corrected chi connectivity index (χ4v) is 1.38. The molecule has 1 heterocycles. The topological polar surface area (TPSA) is 26.3 Å². The Morgan fingerprint density at radius 2 is 2.62 bits per heavy atom. The Labute approximate surface area is 55.1 Å². The molecule has 0 aromatic carbocycles. The van der Waals surface area contributed by atoms with E-state index in [9.17, 15) is 4.21 Å². The van der Waals surface area contributed by atoms with Gasteiger partial charge in [0.15, 0.2) is 16.6 Å². The van der Waals surface area contributed by atoms with Crippen LogP contribution in [0.25, 0.3) is 0 Å². The molecule has 0 aromatic rings. The first-order valence-electron chi connectivity index (χ1n) is 2.15. The SMILES string of the molecule is O=S1CC=C[C@H](Cl)O1. The van der Waals surface area contributed by atoms with Crippen LogP contribution in [0.1, 0.15) is 0 Å². The highest BCUT2D eigenvalue weighted by Gasteiger charge is 2.09. The van der Waals surface area contributed by atoms with Gasteiger partial charge in [-0.05, 0) is 6.08 Å². The van der Waals surface area contributed by atoms with Crippen molar-refractivity contribution in [2.24, 2.45) is 0 Å². The van der Waals surface area contributed by atoms with Gasteiger partial charge in [-0.1, -0.05) is 17.7 Å². The van der Waals surface area contributed by atoms with Gasteiger partial charge in [0, 0.05) is 0 Å². The number of halogens is 1. The Morgan fingerprint density at radius 3 is 3.00 bits per heavy atom. The summed E-state index contributed by atoms with van der Waals surface area (Å²) in [6.07, 6.45) is 3.42. The normalized spacial score (nSPS) is 37.6. The average Bonchev–Trinajstić information content (AvgIpc) is 1.64. The highest BCUT2D eigenvalue weighted by molar-refractivity contribution is 7.80. The molecule has 0 saturated heterocycles. The summed E-state index contributed by atoms with van der Waals surface area (Å²) in [4.78, 5) is 0. The fraction of sp³-hybridized carbons (Fsp3) is 0.500. The van der Waals surface area contributed by atoms with Crippen molar-refractivity contribution < 1.29 is 8.39 Å². The molecule has 0 radical (unpaired) electrons. The maximum Gasteiger partial charge on any atom is 0.166 e. The summed E-state index contributed by atoms with van der Waals surface area (Å²) in [5.74, 6) is 0.462. The Bertz CT molecular complexity index is 134. The van der Waals surface area contributed by atoms with Crippen LogP contribution < -0.4 is 0 Å². The quantitative estimate of drug-likeness (QED) is 0.379. The van der Waals surface area contributed by atoms with Crippen molar-refractivity contribution in [1.82, 2.24) is 0 Å². The molecule has 46 valence electrons. The summed E-state index contributed by atoms with van der Waals surface area (Å²) >= 11 is 4.22. The maximum atomic E-state index is 10.4. The zero-order chi connectivity index (χ0) is 5.98. The van der Waals surface area contributed by atoms with Crippen LogP contribution in [0.2, 0.25) is 0 Å². The van der Waals surface area contributed by atoms with Crippen molar-refractivity contribution in [2.45, 2.75) is 5.56 Å². The van der Waals surface area contributed by atoms with E-state index in [1.807, 2.05) is 0 Å². The molecule has 0 saturated carbocycles. The van der Waals surface area contributed by atoms with E-state index in [0.717, 1.165) is 0 Å². The van der Waals surface area contributed by atoms with Gasteiger partial charge in [-0.2, -0.15) is 0 Å². The lowest BCUT2D eigenvalue weighted by atomic mass is 10.5. The van der Waals surface area contributed by atoms with E-state index in [0.29, 0.717) is 5.75 Å². The lowest BCUT2D eigenvalue weighted by molar-refractivity contribution is 0.354. The Kier molecular flexibility index (Phi) is 2.05. The summed E-state index contributed by atoms with van der Waals surface area (Å²) in [5.41, 5.74) is -0.496. The van der Waals surface area contributed by atoms with E-state index in [1.165, 1.54) is 0 Å². The largest absolute Gasteiger partial charge is 0.266 e. The summed E-state index contributed by atoms with van der Waals surface area (Å²) in [5, 5.41) is 0. The molecule has 1 unspecified atom stereocenters. The molecule has 8 heavy (non-hydrogen) atoms. The lowest BCUT2D eigenvalue weighted by Gasteiger charge is -2.07. The van der Waals surface area contributed by atoms with Gasteiger partial charge in [0.2, 0.25) is 0 Å². The van der Waals surface area contributed by atoms with Crippen LogP contribution in [0.3, 0.4) is 0 Å². The lowest BCUT2D eigenvalue weighted by Crippen LogP contribution is -2.11. The molecule has 2 nitrogen and oxygen atoms in total. The van der Waals surface area contributed by atoms with Gasteiger partial charge in [-0.15, -0.1) is 0 Å². The van der Waals surface area contributed by atoms with Crippen LogP contribution in [-0.2, 0) is 15.3 Å². The van der Waals surface area contributed by atoms with E-state index in [-0.39, 0.29) is 0 Å². The third-order valence-corrected chi connectivity index (χ3v) is 1.95. The highest BCUT2D eigenvalue weighted by Crippen LogP contribution is 2.08. The zero-order valence-corrected chi connectivity index (χ0v) is 5.61. The van der Waals surface area contributed by atoms with E-state index in [1.54, 1.807) is 12.2 Å². The smallest absolute Gasteiger partial charge is 0.166 e. The first kappa shape index (κ1) is 6.26. The van der Waals surface area contributed by atoms with E-state index in [4.69, 9.17) is 11.6 Å². The maximum absolute atomic E-state index is 10.4. The molecular formula is C4H5ClO2S. The van der Waals surface area contributed by atoms with Crippen LogP contribution in [0.15, 0.2) is 12.2 Å². The molecule has 1 aliphatic heterocycles. The fourth-order valence-electron chi connectivity index (χ4n) is 0.415. The first-order valence-corrected chi connectivity index (χ1v) is 3.83. The summed E-state index contributed by atoms with van der Waals surface area (Å²) in [6, 6.07) is 0. The molecular weight excluding hydrogens is 148 g/mol. The predicted octanol–water partition coefficient (Wildman–Crippen LogP) is 0.801. The molecule has 0 aromatic heterocycles. The minimum atomic E-state index is -1.19. The molecule has 0 amide bonds. The minimum Gasteiger partial charge on any atom is -0.266 e. The molecule has 2 atom stereocenters. The molecule has 0 bridgehead atoms. The van der Waals surface area contributed by atoms with Crippen molar-refractivity contribution in [3.8, 4) is 0 Å².